The predicted molar refractivity (Wildman–Crippen MR) is 116 cm³/mol. The van der Waals surface area contributed by atoms with E-state index in [1.54, 1.807) is 0 Å². The molecule has 5 heteroatoms. The fourth-order valence-corrected chi connectivity index (χ4v) is 3.63. The van der Waals surface area contributed by atoms with Crippen LogP contribution in [-0.4, -0.2) is 45.9 Å². The van der Waals surface area contributed by atoms with Crippen LogP contribution in [-0.2, 0) is 6.42 Å². The lowest BCUT2D eigenvalue weighted by Gasteiger charge is -2.09. The van der Waals surface area contributed by atoms with Gasteiger partial charge in [-0.2, -0.15) is 5.10 Å². The van der Waals surface area contributed by atoms with Gasteiger partial charge in [0.25, 0.3) is 0 Å². The maximum absolute atomic E-state index is 12.6. The Morgan fingerprint density at radius 1 is 1.21 bits per heavy atom. The van der Waals surface area contributed by atoms with Crippen molar-refractivity contribution in [2.75, 3.05) is 20.6 Å². The standard InChI is InChI=1S/C24H28N4O/c1-17(18-12-13-18)15-23-25-24-11-5-9-21(28(24)26-23)19-7-4-8-20(16-19)22(29)10-6-14-27(2)3/h4-5,7-9,11,16,18H,1,6,10,12-15H2,2-3H3. The molecule has 0 radical (unpaired) electrons. The molecular formula is C24H28N4O. The molecule has 1 aliphatic carbocycles. The summed E-state index contributed by atoms with van der Waals surface area (Å²) in [5.74, 6) is 1.64. The van der Waals surface area contributed by atoms with Gasteiger partial charge in [-0.05, 0) is 64.0 Å². The quantitative estimate of drug-likeness (QED) is 0.402. The molecule has 2 heterocycles. The molecule has 4 rings (SSSR count). The molecular weight excluding hydrogens is 360 g/mol. The molecule has 0 amide bonds. The normalized spacial score (nSPS) is 13.9. The second-order valence-corrected chi connectivity index (χ2v) is 8.23. The van der Waals surface area contributed by atoms with E-state index in [0.29, 0.717) is 12.3 Å². The van der Waals surface area contributed by atoms with Crippen LogP contribution in [0.25, 0.3) is 16.9 Å². The molecule has 150 valence electrons. The molecule has 0 unspecified atom stereocenters. The van der Waals surface area contributed by atoms with E-state index < -0.39 is 0 Å². The Balaban J connectivity index is 1.58. The first-order valence-corrected chi connectivity index (χ1v) is 10.3. The van der Waals surface area contributed by atoms with Crippen molar-refractivity contribution in [2.24, 2.45) is 5.92 Å². The van der Waals surface area contributed by atoms with Gasteiger partial charge in [0.05, 0.1) is 5.69 Å². The summed E-state index contributed by atoms with van der Waals surface area (Å²) < 4.78 is 1.88. The fraction of sp³-hybridized carbons (Fsp3) is 0.375. The highest BCUT2D eigenvalue weighted by atomic mass is 16.1. The number of nitrogens with zero attached hydrogens (tertiary/aromatic N) is 4. The Morgan fingerprint density at radius 3 is 2.76 bits per heavy atom. The van der Waals surface area contributed by atoms with Crippen molar-refractivity contribution in [1.82, 2.24) is 19.5 Å². The van der Waals surface area contributed by atoms with Crippen LogP contribution in [0.2, 0.25) is 0 Å². The summed E-state index contributed by atoms with van der Waals surface area (Å²) >= 11 is 0. The molecule has 0 N–H and O–H groups in total. The average Bonchev–Trinajstić information content (AvgIpc) is 3.47. The monoisotopic (exact) mass is 388 g/mol. The minimum absolute atomic E-state index is 0.181. The van der Waals surface area contributed by atoms with Gasteiger partial charge >= 0.3 is 0 Å². The van der Waals surface area contributed by atoms with Gasteiger partial charge in [-0.3, -0.25) is 4.79 Å². The lowest BCUT2D eigenvalue weighted by atomic mass is 10.0. The minimum atomic E-state index is 0.181. The molecule has 29 heavy (non-hydrogen) atoms. The number of aromatic nitrogens is 3. The Bertz CT molecular complexity index is 1050. The molecule has 1 aliphatic rings. The lowest BCUT2D eigenvalue weighted by Crippen LogP contribution is -2.14. The number of ketones is 1. The molecule has 1 aromatic carbocycles. The molecule has 0 spiro atoms. The summed E-state index contributed by atoms with van der Waals surface area (Å²) in [5.41, 5.74) is 4.73. The molecule has 2 aromatic heterocycles. The van der Waals surface area contributed by atoms with Crippen LogP contribution < -0.4 is 0 Å². The second-order valence-electron chi connectivity index (χ2n) is 8.23. The number of carbonyl (C=O) groups excluding carboxylic acids is 1. The molecule has 0 bridgehead atoms. The van der Waals surface area contributed by atoms with Crippen molar-refractivity contribution in [3.8, 4) is 11.3 Å². The minimum Gasteiger partial charge on any atom is -0.309 e. The highest BCUT2D eigenvalue weighted by Gasteiger charge is 2.25. The Morgan fingerprint density at radius 2 is 2.00 bits per heavy atom. The summed E-state index contributed by atoms with van der Waals surface area (Å²) in [6, 6.07) is 13.8. The smallest absolute Gasteiger partial charge is 0.162 e. The summed E-state index contributed by atoms with van der Waals surface area (Å²) in [4.78, 5) is 19.4. The second kappa shape index (κ2) is 8.29. The van der Waals surface area contributed by atoms with Crippen molar-refractivity contribution in [1.29, 1.82) is 0 Å². The summed E-state index contributed by atoms with van der Waals surface area (Å²) in [7, 11) is 4.05. The van der Waals surface area contributed by atoms with E-state index in [2.05, 4.69) is 16.5 Å². The number of allylic oxidation sites excluding steroid dienone is 1. The van der Waals surface area contributed by atoms with Crippen molar-refractivity contribution < 1.29 is 4.79 Å². The first kappa shape index (κ1) is 19.5. The van der Waals surface area contributed by atoms with Crippen molar-refractivity contribution in [3.63, 3.8) is 0 Å². The van der Waals surface area contributed by atoms with E-state index in [0.717, 1.165) is 47.7 Å². The SMILES string of the molecule is C=C(Cc1nc2cccc(-c3cccc(C(=O)CCCN(C)C)c3)n2n1)C1CC1. The average molecular weight is 389 g/mol. The van der Waals surface area contributed by atoms with Crippen LogP contribution in [0.4, 0.5) is 0 Å². The number of fused-ring (bicyclic) bond motifs is 1. The van der Waals surface area contributed by atoms with E-state index in [1.807, 2.05) is 61.1 Å². The summed E-state index contributed by atoms with van der Waals surface area (Å²) in [6.07, 6.45) is 4.64. The molecule has 0 atom stereocenters. The highest BCUT2D eigenvalue weighted by molar-refractivity contribution is 5.97. The Hall–Kier alpha value is -2.79. The van der Waals surface area contributed by atoms with Crippen molar-refractivity contribution in [2.45, 2.75) is 32.1 Å². The van der Waals surface area contributed by atoms with Crippen LogP contribution in [0.15, 0.2) is 54.6 Å². The molecule has 1 saturated carbocycles. The van der Waals surface area contributed by atoms with E-state index in [1.165, 1.54) is 18.4 Å². The molecule has 3 aromatic rings. The number of carbonyl (C=O) groups is 1. The van der Waals surface area contributed by atoms with E-state index in [9.17, 15) is 4.79 Å². The fourth-order valence-electron chi connectivity index (χ4n) is 3.63. The van der Waals surface area contributed by atoms with Crippen LogP contribution in [0.3, 0.4) is 0 Å². The third kappa shape index (κ3) is 4.62. The van der Waals surface area contributed by atoms with Crippen LogP contribution in [0.1, 0.15) is 41.9 Å². The maximum Gasteiger partial charge on any atom is 0.162 e. The van der Waals surface area contributed by atoms with Gasteiger partial charge in [0.15, 0.2) is 17.3 Å². The Kier molecular flexibility index (Phi) is 5.58. The number of pyridine rings is 1. The van der Waals surface area contributed by atoms with Gasteiger partial charge in [-0.15, -0.1) is 0 Å². The number of benzene rings is 1. The van der Waals surface area contributed by atoms with E-state index in [4.69, 9.17) is 5.10 Å². The Labute approximate surface area is 172 Å². The van der Waals surface area contributed by atoms with Gasteiger partial charge < -0.3 is 4.90 Å². The molecule has 1 fully saturated rings. The highest BCUT2D eigenvalue weighted by Crippen LogP contribution is 2.36. The van der Waals surface area contributed by atoms with Gasteiger partial charge in [0.1, 0.15) is 0 Å². The maximum atomic E-state index is 12.6. The van der Waals surface area contributed by atoms with Gasteiger partial charge in [-0.1, -0.05) is 36.4 Å². The first-order valence-electron chi connectivity index (χ1n) is 10.3. The van der Waals surface area contributed by atoms with Crippen molar-refractivity contribution in [3.05, 3.63) is 66.0 Å². The zero-order valence-electron chi connectivity index (χ0n) is 17.3. The lowest BCUT2D eigenvalue weighted by molar-refractivity contribution is 0.0977. The number of hydrogen-bond acceptors (Lipinski definition) is 4. The third-order valence-corrected chi connectivity index (χ3v) is 5.43. The van der Waals surface area contributed by atoms with Crippen LogP contribution in [0, 0.1) is 5.92 Å². The number of rotatable bonds is 9. The van der Waals surface area contributed by atoms with Crippen molar-refractivity contribution >= 4 is 11.4 Å². The molecule has 5 nitrogen and oxygen atoms in total. The van der Waals surface area contributed by atoms with Gasteiger partial charge in [0, 0.05) is 24.0 Å². The zero-order chi connectivity index (χ0) is 20.4. The summed E-state index contributed by atoms with van der Waals surface area (Å²) in [5, 5.41) is 4.74. The third-order valence-electron chi connectivity index (χ3n) is 5.43. The van der Waals surface area contributed by atoms with E-state index >= 15 is 0 Å². The summed E-state index contributed by atoms with van der Waals surface area (Å²) in [6.45, 7) is 5.11. The van der Waals surface area contributed by atoms with Gasteiger partial charge in [0.2, 0.25) is 0 Å². The molecule has 0 saturated heterocycles. The topological polar surface area (TPSA) is 50.5 Å². The predicted octanol–water partition coefficient (Wildman–Crippen LogP) is 4.43. The van der Waals surface area contributed by atoms with E-state index in [-0.39, 0.29) is 5.78 Å². The van der Waals surface area contributed by atoms with Gasteiger partial charge in [-0.25, -0.2) is 9.50 Å². The number of Topliss-reactive ketones (excluding diaryl/α,β-unsaturated/α-hetero) is 1. The number of hydrogen-bond donors (Lipinski definition) is 0. The van der Waals surface area contributed by atoms with Crippen LogP contribution in [0.5, 0.6) is 0 Å². The largest absolute Gasteiger partial charge is 0.309 e. The zero-order valence-corrected chi connectivity index (χ0v) is 17.3. The van der Waals surface area contributed by atoms with Crippen LogP contribution >= 0.6 is 0 Å². The molecule has 0 aliphatic heterocycles. The first-order chi connectivity index (χ1) is 14.0.